The number of hydrogen-bond donors (Lipinski definition) is 3. The number of alkyl carbamates (subject to hydrolysis) is 1. The van der Waals surface area contributed by atoms with Gasteiger partial charge in [0.25, 0.3) is 0 Å². The summed E-state index contributed by atoms with van der Waals surface area (Å²) < 4.78 is 4.96. The van der Waals surface area contributed by atoms with Crippen LogP contribution in [-0.2, 0) is 4.74 Å². The quantitative estimate of drug-likeness (QED) is 0.332. The maximum Gasteiger partial charge on any atom is 0.407 e. The molecule has 0 radical (unpaired) electrons. The average molecular weight is 426 g/mol. The molecule has 6 nitrogen and oxygen atoms in total. The minimum absolute atomic E-state index is 0. The van der Waals surface area contributed by atoms with Gasteiger partial charge in [0.2, 0.25) is 0 Å². The Hall–Kier alpha value is -0.730. The normalized spacial score (nSPS) is 17.3. The van der Waals surface area contributed by atoms with Gasteiger partial charge in [-0.25, -0.2) is 4.79 Å². The summed E-state index contributed by atoms with van der Waals surface area (Å²) in [5.41, 5.74) is 0. The molecule has 22 heavy (non-hydrogen) atoms. The zero-order chi connectivity index (χ0) is 15.8. The second-order valence-corrected chi connectivity index (χ2v) is 5.94. The molecule has 0 bridgehead atoms. The van der Waals surface area contributed by atoms with E-state index in [1.54, 1.807) is 7.05 Å². The Bertz CT molecular complexity index is 359. The molecule has 2 unspecified atom stereocenters. The molecular formula is C15H31IN4O2. The first-order valence-corrected chi connectivity index (χ1v) is 7.88. The van der Waals surface area contributed by atoms with Gasteiger partial charge in [0.1, 0.15) is 0 Å². The van der Waals surface area contributed by atoms with Crippen molar-refractivity contribution in [2.24, 2.45) is 16.8 Å². The molecule has 0 heterocycles. The fourth-order valence-electron chi connectivity index (χ4n) is 1.94. The van der Waals surface area contributed by atoms with Crippen molar-refractivity contribution in [3.8, 4) is 0 Å². The minimum atomic E-state index is -0.338. The molecule has 1 amide bonds. The van der Waals surface area contributed by atoms with Gasteiger partial charge in [0.15, 0.2) is 5.96 Å². The number of hydrogen-bond acceptors (Lipinski definition) is 3. The van der Waals surface area contributed by atoms with E-state index < -0.39 is 0 Å². The second kappa shape index (κ2) is 10.9. The largest absolute Gasteiger partial charge is 0.450 e. The van der Waals surface area contributed by atoms with E-state index in [0.29, 0.717) is 31.0 Å². The Morgan fingerprint density at radius 1 is 1.27 bits per heavy atom. The van der Waals surface area contributed by atoms with Crippen molar-refractivity contribution >= 4 is 36.0 Å². The number of ether oxygens (including phenoxy) is 1. The lowest BCUT2D eigenvalue weighted by Crippen LogP contribution is -2.50. The number of nitrogens with one attached hydrogen (secondary N) is 3. The summed E-state index contributed by atoms with van der Waals surface area (Å²) in [5, 5.41) is 9.58. The molecule has 0 aromatic heterocycles. The molecule has 0 aliphatic heterocycles. The van der Waals surface area contributed by atoms with E-state index in [1.165, 1.54) is 0 Å². The van der Waals surface area contributed by atoms with Crippen LogP contribution in [0.15, 0.2) is 4.99 Å². The maximum atomic E-state index is 11.6. The SMILES string of the molecule is CCOC(=O)NC(CNC(=NC)NC(C)C(C)C)C1CC1.I. The van der Waals surface area contributed by atoms with Crippen LogP contribution in [0.5, 0.6) is 0 Å². The number of aliphatic imine (C=N–C) groups is 1. The number of halogens is 1. The third-order valence-corrected chi connectivity index (χ3v) is 3.85. The molecule has 2 atom stereocenters. The van der Waals surface area contributed by atoms with Gasteiger partial charge in [-0.3, -0.25) is 4.99 Å². The fraction of sp³-hybridized carbons (Fsp3) is 0.867. The molecule has 1 saturated carbocycles. The molecule has 130 valence electrons. The highest BCUT2D eigenvalue weighted by Crippen LogP contribution is 2.32. The Balaban J connectivity index is 0.00000441. The molecule has 0 aromatic rings. The van der Waals surface area contributed by atoms with Crippen molar-refractivity contribution in [2.45, 2.75) is 52.6 Å². The van der Waals surface area contributed by atoms with Crippen molar-refractivity contribution in [3.05, 3.63) is 0 Å². The highest BCUT2D eigenvalue weighted by Gasteiger charge is 2.32. The van der Waals surface area contributed by atoms with Crippen LogP contribution in [0.1, 0.15) is 40.5 Å². The Kier molecular flexibility index (Phi) is 10.5. The first-order chi connectivity index (χ1) is 9.97. The first-order valence-electron chi connectivity index (χ1n) is 7.88. The van der Waals surface area contributed by atoms with Gasteiger partial charge in [0, 0.05) is 19.6 Å². The Labute approximate surface area is 151 Å². The van der Waals surface area contributed by atoms with Crippen LogP contribution < -0.4 is 16.0 Å². The van der Waals surface area contributed by atoms with Gasteiger partial charge >= 0.3 is 6.09 Å². The molecule has 7 heteroatoms. The summed E-state index contributed by atoms with van der Waals surface area (Å²) in [6, 6.07) is 0.436. The zero-order valence-corrected chi connectivity index (χ0v) is 16.6. The number of amides is 1. The van der Waals surface area contributed by atoms with Crippen LogP contribution in [0.4, 0.5) is 4.79 Å². The van der Waals surface area contributed by atoms with Crippen molar-refractivity contribution in [2.75, 3.05) is 20.2 Å². The number of carbonyl (C=O) groups is 1. The molecule has 1 aliphatic carbocycles. The lowest BCUT2D eigenvalue weighted by atomic mass is 10.1. The number of nitrogens with zero attached hydrogens (tertiary/aromatic N) is 1. The Morgan fingerprint density at radius 3 is 2.36 bits per heavy atom. The van der Waals surface area contributed by atoms with E-state index in [0.717, 1.165) is 18.8 Å². The van der Waals surface area contributed by atoms with Crippen LogP contribution in [-0.4, -0.2) is 44.3 Å². The van der Waals surface area contributed by atoms with Crippen molar-refractivity contribution in [1.82, 2.24) is 16.0 Å². The van der Waals surface area contributed by atoms with E-state index in [2.05, 4.69) is 41.7 Å². The minimum Gasteiger partial charge on any atom is -0.450 e. The molecule has 1 rings (SSSR count). The molecule has 1 fully saturated rings. The van der Waals surface area contributed by atoms with Crippen molar-refractivity contribution in [1.29, 1.82) is 0 Å². The standard InChI is InChI=1S/C15H30N4O2.HI/c1-6-21-15(20)19-13(12-7-8-12)9-17-14(16-5)18-11(4)10(2)3;/h10-13H,6-9H2,1-5H3,(H,19,20)(H2,16,17,18);1H. The van der Waals surface area contributed by atoms with Gasteiger partial charge in [-0.05, 0) is 38.5 Å². The predicted molar refractivity (Wildman–Crippen MR) is 101 cm³/mol. The summed E-state index contributed by atoms with van der Waals surface area (Å²) in [4.78, 5) is 15.8. The predicted octanol–water partition coefficient (Wildman–Crippen LogP) is 2.34. The van der Waals surface area contributed by atoms with Crippen LogP contribution >= 0.6 is 24.0 Å². The third kappa shape index (κ3) is 8.05. The molecular weight excluding hydrogens is 395 g/mol. The van der Waals surface area contributed by atoms with Gasteiger partial charge in [-0.2, -0.15) is 0 Å². The second-order valence-electron chi connectivity index (χ2n) is 5.94. The summed E-state index contributed by atoms with van der Waals surface area (Å²) in [6.07, 6.45) is 1.98. The number of carbonyl (C=O) groups excluding carboxylic acids is 1. The number of guanidine groups is 1. The summed E-state index contributed by atoms with van der Waals surface area (Å²) in [6.45, 7) is 9.33. The summed E-state index contributed by atoms with van der Waals surface area (Å²) >= 11 is 0. The van der Waals surface area contributed by atoms with Gasteiger partial charge < -0.3 is 20.7 Å². The van der Waals surface area contributed by atoms with Crippen LogP contribution in [0.25, 0.3) is 0 Å². The van der Waals surface area contributed by atoms with Crippen molar-refractivity contribution in [3.63, 3.8) is 0 Å². The van der Waals surface area contributed by atoms with Gasteiger partial charge in [-0.1, -0.05) is 13.8 Å². The van der Waals surface area contributed by atoms with E-state index in [9.17, 15) is 4.79 Å². The third-order valence-electron chi connectivity index (χ3n) is 3.85. The van der Waals surface area contributed by atoms with E-state index >= 15 is 0 Å². The maximum absolute atomic E-state index is 11.6. The highest BCUT2D eigenvalue weighted by molar-refractivity contribution is 14.0. The van der Waals surface area contributed by atoms with E-state index in [4.69, 9.17) is 4.74 Å². The van der Waals surface area contributed by atoms with Crippen LogP contribution in [0.2, 0.25) is 0 Å². The highest BCUT2D eigenvalue weighted by atomic mass is 127. The first kappa shape index (κ1) is 21.3. The van der Waals surface area contributed by atoms with Crippen LogP contribution in [0, 0.1) is 11.8 Å². The molecule has 0 spiro atoms. The molecule has 3 N–H and O–H groups in total. The summed E-state index contributed by atoms with van der Waals surface area (Å²) in [7, 11) is 1.76. The topological polar surface area (TPSA) is 74.8 Å². The lowest BCUT2D eigenvalue weighted by molar-refractivity contribution is 0.146. The molecule has 0 aromatic carbocycles. The zero-order valence-electron chi connectivity index (χ0n) is 14.3. The van der Waals surface area contributed by atoms with Crippen molar-refractivity contribution < 1.29 is 9.53 Å². The van der Waals surface area contributed by atoms with Crippen LogP contribution in [0.3, 0.4) is 0 Å². The van der Waals surface area contributed by atoms with Gasteiger partial charge in [0.05, 0.1) is 12.6 Å². The van der Waals surface area contributed by atoms with E-state index in [1.807, 2.05) is 6.92 Å². The monoisotopic (exact) mass is 426 g/mol. The Morgan fingerprint density at radius 2 is 1.91 bits per heavy atom. The lowest BCUT2D eigenvalue weighted by Gasteiger charge is -2.23. The number of rotatable bonds is 7. The summed E-state index contributed by atoms with van der Waals surface area (Å²) in [5.74, 6) is 1.84. The smallest absolute Gasteiger partial charge is 0.407 e. The fourth-order valence-corrected chi connectivity index (χ4v) is 1.94. The van der Waals surface area contributed by atoms with E-state index in [-0.39, 0.29) is 36.1 Å². The van der Waals surface area contributed by atoms with Gasteiger partial charge in [-0.15, -0.1) is 24.0 Å². The molecule has 1 aliphatic rings. The average Bonchev–Trinajstić information content (AvgIpc) is 3.26. The molecule has 0 saturated heterocycles.